The fraction of sp³-hybridized carbons (Fsp3) is 0.220. The number of fused-ring (bicyclic) bond motifs is 2. The molecule has 1 aliphatic rings. The number of nitrogen functional groups attached to an aromatic ring is 1. The molecular weight excluding hydrogens is 1000 g/mol. The number of anilines is 2. The predicted molar refractivity (Wildman–Crippen MR) is 246 cm³/mol. The van der Waals surface area contributed by atoms with E-state index >= 15 is 0 Å². The molecule has 1 aliphatic heterocycles. The first kappa shape index (κ1) is 43.9. The number of nitrogens with two attached hydrogens (primary N) is 1. The normalized spacial score (nSPS) is 12.3. The highest BCUT2D eigenvalue weighted by molar-refractivity contribution is 14.1. The van der Waals surface area contributed by atoms with Crippen LogP contribution in [0.1, 0.15) is 22.2 Å². The highest BCUT2D eigenvalue weighted by Gasteiger charge is 2.33. The summed E-state index contributed by atoms with van der Waals surface area (Å²) in [7, 11) is 0. The number of rotatable bonds is 18. The third kappa shape index (κ3) is 10.4. The molecule has 5 heterocycles. The van der Waals surface area contributed by atoms with Gasteiger partial charge in [0.05, 0.1) is 11.2 Å². The predicted octanol–water partition coefficient (Wildman–Crippen LogP) is 6.27. The molecule has 1 unspecified atom stereocenters. The topological polar surface area (TPSA) is 207 Å². The van der Waals surface area contributed by atoms with Crippen LogP contribution in [0, 0.1) is 3.57 Å². The average molecular weight is 1040 g/mol. The summed E-state index contributed by atoms with van der Waals surface area (Å²) >= 11 is 17.8. The van der Waals surface area contributed by atoms with Gasteiger partial charge in [-0.3, -0.25) is 19.3 Å². The van der Waals surface area contributed by atoms with Gasteiger partial charge in [0, 0.05) is 38.7 Å². The van der Waals surface area contributed by atoms with Gasteiger partial charge >= 0.3 is 0 Å². The van der Waals surface area contributed by atoms with Crippen LogP contribution in [0.5, 0.6) is 17.2 Å². The smallest absolute Gasteiger partial charge is 0.248 e. The van der Waals surface area contributed by atoms with Gasteiger partial charge in [0.25, 0.3) is 0 Å². The van der Waals surface area contributed by atoms with Crippen molar-refractivity contribution in [2.24, 2.45) is 0 Å². The summed E-state index contributed by atoms with van der Waals surface area (Å²) in [6.45, 7) is 1.00. The van der Waals surface area contributed by atoms with Crippen molar-refractivity contribution in [3.05, 3.63) is 115 Å². The molecule has 0 saturated heterocycles. The Kier molecular flexibility index (Phi) is 14.1. The molecule has 1 atom stereocenters. The van der Waals surface area contributed by atoms with Crippen molar-refractivity contribution in [2.75, 3.05) is 36.4 Å². The molecule has 63 heavy (non-hydrogen) atoms. The Morgan fingerprint density at radius 1 is 1.03 bits per heavy atom. The minimum absolute atomic E-state index is 0.0197. The van der Waals surface area contributed by atoms with Crippen LogP contribution in [0.15, 0.2) is 101 Å². The first-order valence-electron chi connectivity index (χ1n) is 19.2. The van der Waals surface area contributed by atoms with E-state index in [0.29, 0.717) is 69.3 Å². The van der Waals surface area contributed by atoms with Crippen LogP contribution in [-0.2, 0) is 40.5 Å². The lowest BCUT2D eigenvalue weighted by atomic mass is 10.1. The molecule has 0 spiro atoms. The minimum atomic E-state index is -0.991. The summed E-state index contributed by atoms with van der Waals surface area (Å²) in [5, 5.41) is 16.8. The average Bonchev–Trinajstić information content (AvgIpc) is 4.12. The van der Waals surface area contributed by atoms with E-state index in [4.69, 9.17) is 48.1 Å². The Labute approximate surface area is 391 Å². The van der Waals surface area contributed by atoms with E-state index in [1.807, 2.05) is 58.5 Å². The molecule has 0 aliphatic carbocycles. The van der Waals surface area contributed by atoms with E-state index in [2.05, 4.69) is 53.5 Å². The molecule has 7 aromatic rings. The van der Waals surface area contributed by atoms with Gasteiger partial charge in [0.2, 0.25) is 24.5 Å². The third-order valence-electron chi connectivity index (χ3n) is 9.53. The summed E-state index contributed by atoms with van der Waals surface area (Å²) < 4.78 is 21.3. The zero-order valence-corrected chi connectivity index (χ0v) is 38.3. The van der Waals surface area contributed by atoms with Crippen molar-refractivity contribution in [3.8, 4) is 17.2 Å². The molecule has 0 saturated carbocycles. The summed E-state index contributed by atoms with van der Waals surface area (Å²) in [5.41, 5.74) is 9.01. The maximum absolute atomic E-state index is 13.7. The van der Waals surface area contributed by atoms with Gasteiger partial charge < -0.3 is 35.1 Å². The Hall–Kier alpha value is -5.68. The number of thiophene rings is 1. The minimum Gasteiger partial charge on any atom is -0.486 e. The molecule has 0 radical (unpaired) electrons. The van der Waals surface area contributed by atoms with Gasteiger partial charge in [-0.05, 0) is 76.4 Å². The van der Waals surface area contributed by atoms with Gasteiger partial charge in [0.15, 0.2) is 33.6 Å². The molecule has 4 aromatic heterocycles. The van der Waals surface area contributed by atoms with Gasteiger partial charge in [-0.1, -0.05) is 65.0 Å². The van der Waals surface area contributed by atoms with Gasteiger partial charge in [0.1, 0.15) is 42.8 Å². The second-order valence-corrected chi connectivity index (χ2v) is 17.5. The van der Waals surface area contributed by atoms with E-state index in [1.54, 1.807) is 30.5 Å². The molecule has 324 valence electrons. The molecule has 8 rings (SSSR count). The van der Waals surface area contributed by atoms with Crippen molar-refractivity contribution in [2.45, 2.75) is 42.2 Å². The van der Waals surface area contributed by atoms with E-state index in [1.165, 1.54) is 39.0 Å². The number of amides is 3. The number of ether oxygens (including phenoxy) is 3. The lowest BCUT2D eigenvalue weighted by Crippen LogP contribution is -2.44. The van der Waals surface area contributed by atoms with E-state index in [-0.39, 0.29) is 55.0 Å². The molecule has 0 fully saturated rings. The molecule has 17 nitrogen and oxygen atoms in total. The summed E-state index contributed by atoms with van der Waals surface area (Å²) in [4.78, 5) is 56.3. The van der Waals surface area contributed by atoms with Crippen molar-refractivity contribution < 1.29 is 28.6 Å². The van der Waals surface area contributed by atoms with Gasteiger partial charge in [-0.15, -0.1) is 28.0 Å². The number of imidazole rings is 1. The number of nitrogens with one attached hydrogen (secondary N) is 2. The zero-order valence-electron chi connectivity index (χ0n) is 32.9. The van der Waals surface area contributed by atoms with Crippen molar-refractivity contribution >= 4 is 109 Å². The summed E-state index contributed by atoms with van der Waals surface area (Å²) in [5.74, 6) is 0.374. The number of alkyl halides is 1. The third-order valence-corrected chi connectivity index (χ3v) is 13.3. The Balaban J connectivity index is 0.876. The van der Waals surface area contributed by atoms with Crippen molar-refractivity contribution in [3.63, 3.8) is 0 Å². The largest absolute Gasteiger partial charge is 0.486 e. The zero-order chi connectivity index (χ0) is 43.9. The first-order chi connectivity index (χ1) is 30.6. The van der Waals surface area contributed by atoms with E-state index in [0.717, 1.165) is 14.0 Å². The number of aromatic nitrogens is 7. The lowest BCUT2D eigenvalue weighted by Gasteiger charge is -2.30. The first-order valence-corrected chi connectivity index (χ1v) is 22.9. The SMILES string of the molecule is Nc1ncnc2c1nc(Sc1cc3c(cc1I)OCO3)n2CCNC(=O)Cn1cc(COc2ccc(N(C(=O)CCl)C(C(=O)NCCc3ccccc3)c3cccs3)cc2Cl)nn1. The van der Waals surface area contributed by atoms with Gasteiger partial charge in [-0.25, -0.2) is 19.6 Å². The van der Waals surface area contributed by atoms with Crippen molar-refractivity contribution in [1.29, 1.82) is 0 Å². The Bertz CT molecular complexity index is 2760. The second kappa shape index (κ2) is 20.2. The number of hydrogen-bond donors (Lipinski definition) is 3. The van der Waals surface area contributed by atoms with Crippen molar-refractivity contribution in [1.82, 2.24) is 45.1 Å². The highest BCUT2D eigenvalue weighted by Crippen LogP contribution is 2.42. The molecule has 4 N–H and O–H groups in total. The van der Waals surface area contributed by atoms with Crippen LogP contribution < -0.4 is 35.5 Å². The number of hydrogen-bond acceptors (Lipinski definition) is 14. The van der Waals surface area contributed by atoms with Crippen LogP contribution in [0.25, 0.3) is 11.2 Å². The quantitative estimate of drug-likeness (QED) is 0.0642. The lowest BCUT2D eigenvalue weighted by molar-refractivity contribution is -0.125. The fourth-order valence-corrected chi connectivity index (χ4v) is 9.47. The Morgan fingerprint density at radius 3 is 2.63 bits per heavy atom. The Morgan fingerprint density at radius 2 is 1.86 bits per heavy atom. The highest BCUT2D eigenvalue weighted by atomic mass is 127. The monoisotopic (exact) mass is 1040 g/mol. The summed E-state index contributed by atoms with van der Waals surface area (Å²) in [6.07, 6.45) is 3.59. The number of carbonyl (C=O) groups excluding carboxylic acids is 3. The van der Waals surface area contributed by atoms with Crippen LogP contribution in [0.2, 0.25) is 5.02 Å². The molecule has 3 aromatic carbocycles. The molecular formula is C41H36Cl2IN11O6S2. The van der Waals surface area contributed by atoms with E-state index < -0.39 is 11.9 Å². The number of nitrogens with zero attached hydrogens (tertiary/aromatic N) is 8. The number of carbonyl (C=O) groups is 3. The molecule has 0 bridgehead atoms. The molecule has 22 heteroatoms. The van der Waals surface area contributed by atoms with E-state index in [9.17, 15) is 14.4 Å². The van der Waals surface area contributed by atoms with Crippen LogP contribution in [0.4, 0.5) is 11.5 Å². The fourth-order valence-electron chi connectivity index (χ4n) is 6.58. The number of benzene rings is 3. The van der Waals surface area contributed by atoms with Crippen LogP contribution in [0.3, 0.4) is 0 Å². The summed E-state index contributed by atoms with van der Waals surface area (Å²) in [6, 6.07) is 21.0. The maximum Gasteiger partial charge on any atom is 0.248 e. The van der Waals surface area contributed by atoms with Gasteiger partial charge in [-0.2, -0.15) is 0 Å². The standard InChI is InChI=1S/C41H36Cl2IN11O6S2/c42-18-35(57)55(37(32-7-4-14-62-32)40(58)47-11-10-24-5-2-1-3-6-24)26-8-9-29(27(43)15-26)59-21-25-19-53(52-51-25)20-34(56)46-12-13-54-39-36(38(45)48-22-49-39)50-41(54)63-33-17-31-30(16-28(33)44)60-23-61-31/h1-9,14-17,19,22,37H,10-13,18,20-21,23H2,(H,46,56)(H,47,58)(H2,45,48,49). The van der Waals surface area contributed by atoms with Crippen LogP contribution in [-0.4, -0.2) is 78.0 Å². The maximum atomic E-state index is 13.7. The number of halogens is 3. The second-order valence-electron chi connectivity index (χ2n) is 13.7. The van der Waals surface area contributed by atoms with Crippen LogP contribution >= 0.6 is 68.9 Å². The molecule has 3 amide bonds.